The van der Waals surface area contributed by atoms with E-state index in [1.54, 1.807) is 24.3 Å². The van der Waals surface area contributed by atoms with Crippen molar-refractivity contribution in [3.63, 3.8) is 0 Å². The van der Waals surface area contributed by atoms with Gasteiger partial charge in [0.1, 0.15) is 16.3 Å². The summed E-state index contributed by atoms with van der Waals surface area (Å²) in [5.74, 6) is -0.514. The first-order chi connectivity index (χ1) is 15.1. The molecule has 3 heterocycles. The Morgan fingerprint density at radius 1 is 1.19 bits per heavy atom. The Morgan fingerprint density at radius 2 is 1.94 bits per heavy atom. The maximum atomic E-state index is 13.1. The minimum Gasteiger partial charge on any atom is -0.438 e. The summed E-state index contributed by atoms with van der Waals surface area (Å²) in [4.78, 5) is 20.4. The molecule has 4 N–H and O–H groups in total. The second-order valence-corrected chi connectivity index (χ2v) is 8.24. The van der Waals surface area contributed by atoms with Crippen LogP contribution in [-0.4, -0.2) is 9.97 Å². The molecule has 7 nitrogen and oxygen atoms in total. The molecule has 0 aliphatic carbocycles. The number of rotatable bonds is 3. The van der Waals surface area contributed by atoms with E-state index in [2.05, 4.69) is 21.4 Å². The average molecular weight is 448 g/mol. The lowest BCUT2D eigenvalue weighted by molar-refractivity contribution is 0.397. The summed E-state index contributed by atoms with van der Waals surface area (Å²) in [7, 11) is 0. The third-order valence-corrected chi connectivity index (χ3v) is 6.28. The van der Waals surface area contributed by atoms with E-state index >= 15 is 0 Å². The number of ether oxygens (including phenoxy) is 1. The molecule has 0 spiro atoms. The van der Waals surface area contributed by atoms with Crippen LogP contribution in [-0.2, 0) is 0 Å². The second-order valence-electron chi connectivity index (χ2n) is 6.83. The fraction of sp³-hybridized carbons (Fsp3) is 0.0455. The molecule has 2 aromatic carbocycles. The van der Waals surface area contributed by atoms with Gasteiger partial charge in [0.25, 0.3) is 5.56 Å². The number of para-hydroxylation sites is 1. The molecule has 2 aromatic heterocycles. The Balaban J connectivity index is 1.72. The lowest BCUT2D eigenvalue weighted by atomic mass is 9.84. The molecule has 0 saturated carbocycles. The highest BCUT2D eigenvalue weighted by Crippen LogP contribution is 2.46. The van der Waals surface area contributed by atoms with Crippen molar-refractivity contribution in [2.45, 2.75) is 5.92 Å². The van der Waals surface area contributed by atoms with Crippen LogP contribution in [0.1, 0.15) is 17.0 Å². The van der Waals surface area contributed by atoms with Crippen LogP contribution in [0.5, 0.6) is 5.75 Å². The number of halogens is 1. The number of anilines is 2. The molecule has 4 aromatic rings. The molecule has 0 radical (unpaired) electrons. The number of aromatic nitrogens is 2. The van der Waals surface area contributed by atoms with Crippen molar-refractivity contribution in [2.75, 3.05) is 5.32 Å². The quantitative estimate of drug-likeness (QED) is 0.422. The van der Waals surface area contributed by atoms with Gasteiger partial charge in [-0.3, -0.25) is 4.79 Å². The number of H-pyrrole nitrogens is 1. The van der Waals surface area contributed by atoms with E-state index in [0.717, 1.165) is 5.69 Å². The molecule has 1 aliphatic heterocycles. The fourth-order valence-corrected chi connectivity index (χ4v) is 4.79. The second kappa shape index (κ2) is 7.47. The Morgan fingerprint density at radius 3 is 2.68 bits per heavy atom. The molecule has 0 bridgehead atoms. The summed E-state index contributed by atoms with van der Waals surface area (Å²) in [5, 5.41) is 14.0. The molecule has 9 heteroatoms. The molecule has 152 valence electrons. The van der Waals surface area contributed by atoms with Gasteiger partial charge in [0.2, 0.25) is 5.88 Å². The van der Waals surface area contributed by atoms with Crippen LogP contribution < -0.4 is 21.3 Å². The van der Waals surface area contributed by atoms with Crippen molar-refractivity contribution >= 4 is 44.1 Å². The minimum atomic E-state index is -0.747. The number of nitrogens with zero attached hydrogens (tertiary/aromatic N) is 2. The highest BCUT2D eigenvalue weighted by molar-refractivity contribution is 7.22. The van der Waals surface area contributed by atoms with E-state index < -0.39 is 11.5 Å². The van der Waals surface area contributed by atoms with Gasteiger partial charge in [0, 0.05) is 10.7 Å². The van der Waals surface area contributed by atoms with Crippen molar-refractivity contribution in [2.24, 2.45) is 5.73 Å². The summed E-state index contributed by atoms with van der Waals surface area (Å²) < 4.78 is 6.41. The number of benzene rings is 2. The largest absolute Gasteiger partial charge is 0.438 e. The van der Waals surface area contributed by atoms with E-state index in [0.29, 0.717) is 31.8 Å². The molecule has 0 fully saturated rings. The van der Waals surface area contributed by atoms with Gasteiger partial charge in [-0.25, -0.2) is 4.98 Å². The fourth-order valence-electron chi connectivity index (χ4n) is 3.61. The molecule has 1 atom stereocenters. The number of nitrogens with one attached hydrogen (secondary N) is 2. The molecule has 31 heavy (non-hydrogen) atoms. The zero-order valence-corrected chi connectivity index (χ0v) is 17.4. The monoisotopic (exact) mass is 447 g/mol. The number of nitriles is 1. The number of aromatic amines is 1. The highest BCUT2D eigenvalue weighted by atomic mass is 35.5. The Bertz CT molecular complexity index is 1450. The molecule has 1 aliphatic rings. The Labute approximate surface area is 185 Å². The standard InChI is InChI=1S/C22H14ClN5O2S/c23-14-9-5-4-8-12(14)15-13(10-24)19(25)30-17-16(15)21(29)27-20-18(17)31-22(28-20)26-11-6-2-1-3-7-11/h1-9,15H,25H2,(H2,26,27,28,29). The highest BCUT2D eigenvalue weighted by Gasteiger charge is 2.36. The zero-order chi connectivity index (χ0) is 21.5. The number of fused-ring (bicyclic) bond motifs is 3. The third-order valence-electron chi connectivity index (χ3n) is 4.97. The van der Waals surface area contributed by atoms with Crippen LogP contribution in [0, 0.1) is 11.3 Å². The summed E-state index contributed by atoms with van der Waals surface area (Å²) in [6.07, 6.45) is 0. The number of nitrogens with two attached hydrogens (primary N) is 1. The first-order valence-corrected chi connectivity index (χ1v) is 10.5. The summed E-state index contributed by atoms with van der Waals surface area (Å²) in [6.45, 7) is 0. The summed E-state index contributed by atoms with van der Waals surface area (Å²) in [6, 6.07) is 18.7. The Hall–Kier alpha value is -3.80. The van der Waals surface area contributed by atoms with Gasteiger partial charge in [0.15, 0.2) is 16.5 Å². The van der Waals surface area contributed by atoms with Gasteiger partial charge < -0.3 is 20.8 Å². The molecular formula is C22H14ClN5O2S. The van der Waals surface area contributed by atoms with Gasteiger partial charge in [0.05, 0.1) is 11.5 Å². The molecular weight excluding hydrogens is 434 g/mol. The predicted octanol–water partition coefficient (Wildman–Crippen LogP) is 4.60. The van der Waals surface area contributed by atoms with E-state index in [9.17, 15) is 10.1 Å². The van der Waals surface area contributed by atoms with Crippen molar-refractivity contribution < 1.29 is 4.74 Å². The van der Waals surface area contributed by atoms with Crippen LogP contribution in [0.2, 0.25) is 5.02 Å². The predicted molar refractivity (Wildman–Crippen MR) is 121 cm³/mol. The van der Waals surface area contributed by atoms with Crippen LogP contribution in [0.3, 0.4) is 0 Å². The van der Waals surface area contributed by atoms with E-state index in [4.69, 9.17) is 22.1 Å². The molecule has 5 rings (SSSR count). The number of allylic oxidation sites excluding steroid dienone is 1. The van der Waals surface area contributed by atoms with Gasteiger partial charge in [-0.1, -0.05) is 59.3 Å². The van der Waals surface area contributed by atoms with E-state index in [-0.39, 0.29) is 17.0 Å². The van der Waals surface area contributed by atoms with Gasteiger partial charge >= 0.3 is 0 Å². The van der Waals surface area contributed by atoms with Crippen molar-refractivity contribution in [1.29, 1.82) is 5.26 Å². The lowest BCUT2D eigenvalue weighted by Gasteiger charge is -2.26. The summed E-state index contributed by atoms with van der Waals surface area (Å²) in [5.41, 5.74) is 7.94. The normalized spacial score (nSPS) is 15.3. The van der Waals surface area contributed by atoms with Crippen molar-refractivity contribution in [3.8, 4) is 11.8 Å². The zero-order valence-electron chi connectivity index (χ0n) is 15.8. The lowest BCUT2D eigenvalue weighted by Crippen LogP contribution is -2.27. The minimum absolute atomic E-state index is 0.0576. The maximum absolute atomic E-state index is 13.1. The van der Waals surface area contributed by atoms with Gasteiger partial charge in [-0.05, 0) is 23.8 Å². The van der Waals surface area contributed by atoms with Gasteiger partial charge in [-0.2, -0.15) is 5.26 Å². The van der Waals surface area contributed by atoms with Crippen LogP contribution >= 0.6 is 22.9 Å². The van der Waals surface area contributed by atoms with Crippen molar-refractivity contribution in [1.82, 2.24) is 9.97 Å². The van der Waals surface area contributed by atoms with Crippen LogP contribution in [0.4, 0.5) is 10.8 Å². The topological polar surface area (TPSA) is 117 Å². The summed E-state index contributed by atoms with van der Waals surface area (Å²) >= 11 is 7.73. The van der Waals surface area contributed by atoms with Crippen molar-refractivity contribution in [3.05, 3.63) is 92.6 Å². The SMILES string of the molecule is N#CC1=C(N)Oc2c(c(=O)[nH]c3nc(Nc4ccccc4)sc23)C1c1ccccc1Cl. The van der Waals surface area contributed by atoms with Gasteiger partial charge in [-0.15, -0.1) is 0 Å². The third kappa shape index (κ3) is 3.20. The molecule has 1 unspecified atom stereocenters. The Kier molecular flexibility index (Phi) is 4.62. The average Bonchev–Trinajstić information content (AvgIpc) is 3.16. The van der Waals surface area contributed by atoms with E-state index in [1.807, 2.05) is 30.3 Å². The number of hydrogen-bond acceptors (Lipinski definition) is 7. The van der Waals surface area contributed by atoms with E-state index in [1.165, 1.54) is 11.3 Å². The maximum Gasteiger partial charge on any atom is 0.257 e. The number of hydrogen-bond donors (Lipinski definition) is 3. The van der Waals surface area contributed by atoms with Crippen LogP contribution in [0.15, 0.2) is 70.8 Å². The number of thiazole rings is 1. The molecule has 0 amide bonds. The first-order valence-electron chi connectivity index (χ1n) is 9.27. The smallest absolute Gasteiger partial charge is 0.257 e. The number of pyridine rings is 1. The first kappa shape index (κ1) is 19.2. The van der Waals surface area contributed by atoms with Crippen LogP contribution in [0.25, 0.3) is 10.3 Å². The molecule has 0 saturated heterocycles.